The highest BCUT2D eigenvalue weighted by Gasteiger charge is 2.42. The fourth-order valence-electron chi connectivity index (χ4n) is 3.74. The lowest BCUT2D eigenvalue weighted by molar-refractivity contribution is 0.150. The number of nitrogens with zero attached hydrogens (tertiary/aromatic N) is 3. The van der Waals surface area contributed by atoms with Crippen molar-refractivity contribution < 1.29 is 13.2 Å². The molecule has 0 amide bonds. The Bertz CT molecular complexity index is 890. The first kappa shape index (κ1) is 18.6. The lowest BCUT2D eigenvalue weighted by Gasteiger charge is -2.16. The molecule has 0 unspecified atom stereocenters. The van der Waals surface area contributed by atoms with Crippen LogP contribution >= 0.6 is 0 Å². The largest absolute Gasteiger partial charge is 0.384 e. The maximum atomic E-state index is 13.1. The minimum Gasteiger partial charge on any atom is -0.384 e. The van der Waals surface area contributed by atoms with Crippen LogP contribution in [0.1, 0.15) is 48.8 Å². The predicted molar refractivity (Wildman–Crippen MR) is 101 cm³/mol. The Morgan fingerprint density at radius 2 is 1.96 bits per heavy atom. The van der Waals surface area contributed by atoms with Gasteiger partial charge in [-0.05, 0) is 37.0 Å². The molecule has 0 spiro atoms. The highest BCUT2D eigenvalue weighted by atomic mass is 32.2. The summed E-state index contributed by atoms with van der Waals surface area (Å²) in [7, 11) is -1.89. The molecule has 146 valence electrons. The third-order valence-electron chi connectivity index (χ3n) is 5.57. The molecule has 1 aliphatic carbocycles. The van der Waals surface area contributed by atoms with E-state index in [9.17, 15) is 8.42 Å². The summed E-state index contributed by atoms with van der Waals surface area (Å²) in [6, 6.07) is 7.16. The number of ether oxygens (including phenoxy) is 1. The van der Waals surface area contributed by atoms with E-state index < -0.39 is 10.0 Å². The molecule has 2 aliphatic rings. The highest BCUT2D eigenvalue weighted by Crippen LogP contribution is 2.40. The molecule has 2 aromatic rings. The predicted octanol–water partition coefficient (Wildman–Crippen LogP) is 2.30. The van der Waals surface area contributed by atoms with Crippen LogP contribution in [0.2, 0.25) is 0 Å². The van der Waals surface area contributed by atoms with Gasteiger partial charge >= 0.3 is 0 Å². The number of aryl methyl sites for hydroxylation is 1. The van der Waals surface area contributed by atoms with Crippen LogP contribution in [0.3, 0.4) is 0 Å². The quantitative estimate of drug-likeness (QED) is 0.784. The van der Waals surface area contributed by atoms with E-state index in [2.05, 4.69) is 22.1 Å². The number of aromatic amines is 1. The van der Waals surface area contributed by atoms with Gasteiger partial charge in [0.05, 0.1) is 11.5 Å². The van der Waals surface area contributed by atoms with Gasteiger partial charge in [0.25, 0.3) is 0 Å². The summed E-state index contributed by atoms with van der Waals surface area (Å²) in [6.45, 7) is 3.36. The molecule has 0 radical (unpaired) electrons. The number of H-pyrrole nitrogens is 1. The minimum atomic E-state index is -3.54. The molecule has 8 heteroatoms. The van der Waals surface area contributed by atoms with Crippen LogP contribution in [-0.4, -0.2) is 54.7 Å². The van der Waals surface area contributed by atoms with Gasteiger partial charge in [0.15, 0.2) is 5.82 Å². The van der Waals surface area contributed by atoms with E-state index in [0.29, 0.717) is 30.5 Å². The van der Waals surface area contributed by atoms with Gasteiger partial charge in [0.1, 0.15) is 5.82 Å². The van der Waals surface area contributed by atoms with Gasteiger partial charge in [-0.3, -0.25) is 5.10 Å². The number of hydrogen-bond acceptors (Lipinski definition) is 5. The zero-order valence-electron chi connectivity index (χ0n) is 15.8. The van der Waals surface area contributed by atoms with E-state index in [1.807, 2.05) is 12.1 Å². The molecule has 1 N–H and O–H groups in total. The summed E-state index contributed by atoms with van der Waals surface area (Å²) in [6.07, 6.45) is 3.16. The maximum Gasteiger partial charge on any atom is 0.243 e. The standard InChI is InChI=1S/C19H26N4O3S/c1-3-13-4-8-16(9-5-13)27(24,25)23-10-15(12-26-2)17(11-23)19-20-18(21-22-19)14-6-7-14/h4-5,8-9,14-15,17H,3,6-7,10-12H2,1-2H3,(H,20,21,22)/t15-,17+/m0/s1. The van der Waals surface area contributed by atoms with E-state index in [-0.39, 0.29) is 11.8 Å². The summed E-state index contributed by atoms with van der Waals surface area (Å²) in [5.41, 5.74) is 1.12. The number of rotatable bonds is 7. The van der Waals surface area contributed by atoms with Crippen LogP contribution in [0.25, 0.3) is 0 Å². The topological polar surface area (TPSA) is 88.2 Å². The molecular weight excluding hydrogens is 364 g/mol. The Balaban J connectivity index is 1.57. The number of benzene rings is 1. The van der Waals surface area contributed by atoms with Crippen molar-refractivity contribution in [2.24, 2.45) is 5.92 Å². The zero-order valence-corrected chi connectivity index (χ0v) is 16.6. The molecule has 7 nitrogen and oxygen atoms in total. The second-order valence-corrected chi connectivity index (χ2v) is 9.43. The van der Waals surface area contributed by atoms with Gasteiger partial charge < -0.3 is 4.74 Å². The Labute approximate surface area is 160 Å². The van der Waals surface area contributed by atoms with Crippen molar-refractivity contribution in [3.8, 4) is 0 Å². The van der Waals surface area contributed by atoms with E-state index in [0.717, 1.165) is 36.5 Å². The highest BCUT2D eigenvalue weighted by molar-refractivity contribution is 7.89. The van der Waals surface area contributed by atoms with Gasteiger partial charge in [-0.15, -0.1) is 0 Å². The molecule has 2 fully saturated rings. The number of aromatic nitrogens is 3. The van der Waals surface area contributed by atoms with Crippen LogP contribution in [0.15, 0.2) is 29.2 Å². The van der Waals surface area contributed by atoms with Gasteiger partial charge in [-0.25, -0.2) is 13.4 Å². The summed E-state index contributed by atoms with van der Waals surface area (Å²) in [5.74, 6) is 2.12. The molecule has 1 aromatic heterocycles. The minimum absolute atomic E-state index is 0.0327. The third-order valence-corrected chi connectivity index (χ3v) is 7.42. The van der Waals surface area contributed by atoms with E-state index in [1.165, 1.54) is 0 Å². The molecule has 1 aromatic carbocycles. The zero-order chi connectivity index (χ0) is 19.0. The van der Waals surface area contributed by atoms with Crippen molar-refractivity contribution in [3.05, 3.63) is 41.5 Å². The van der Waals surface area contributed by atoms with Crippen molar-refractivity contribution in [2.45, 2.75) is 42.9 Å². The van der Waals surface area contributed by atoms with E-state index >= 15 is 0 Å². The lowest BCUT2D eigenvalue weighted by Crippen LogP contribution is -2.29. The third kappa shape index (κ3) is 3.66. The Hall–Kier alpha value is -1.77. The molecule has 27 heavy (non-hydrogen) atoms. The second-order valence-electron chi connectivity index (χ2n) is 7.49. The molecule has 1 saturated heterocycles. The monoisotopic (exact) mass is 390 g/mol. The van der Waals surface area contributed by atoms with Gasteiger partial charge in [-0.1, -0.05) is 19.1 Å². The first-order chi connectivity index (χ1) is 13.0. The average Bonchev–Trinajstić information content (AvgIpc) is 3.25. The fourth-order valence-corrected chi connectivity index (χ4v) is 5.27. The van der Waals surface area contributed by atoms with Crippen molar-refractivity contribution >= 4 is 10.0 Å². The van der Waals surface area contributed by atoms with Crippen LogP contribution in [-0.2, 0) is 21.2 Å². The van der Waals surface area contributed by atoms with Crippen molar-refractivity contribution in [2.75, 3.05) is 26.8 Å². The maximum absolute atomic E-state index is 13.1. The molecular formula is C19H26N4O3S. The second kappa shape index (κ2) is 7.33. The van der Waals surface area contributed by atoms with Crippen molar-refractivity contribution in [3.63, 3.8) is 0 Å². The van der Waals surface area contributed by atoms with E-state index in [4.69, 9.17) is 4.74 Å². The SMILES string of the molecule is CCc1ccc(S(=O)(=O)N2C[C@@H](COC)[C@H](c3nc(C4CC4)n[nH]3)C2)cc1. The smallest absolute Gasteiger partial charge is 0.243 e. The molecule has 0 bridgehead atoms. The first-order valence-corrected chi connectivity index (χ1v) is 11.0. The summed E-state index contributed by atoms with van der Waals surface area (Å²) < 4.78 is 33.2. The summed E-state index contributed by atoms with van der Waals surface area (Å²) >= 11 is 0. The number of nitrogens with one attached hydrogen (secondary N) is 1. The summed E-state index contributed by atoms with van der Waals surface area (Å²) in [4.78, 5) is 5.00. The van der Waals surface area contributed by atoms with Gasteiger partial charge in [0.2, 0.25) is 10.0 Å². The van der Waals surface area contributed by atoms with Crippen LogP contribution < -0.4 is 0 Å². The molecule has 1 saturated carbocycles. The average molecular weight is 391 g/mol. The number of hydrogen-bond donors (Lipinski definition) is 1. The lowest BCUT2D eigenvalue weighted by atomic mass is 9.96. The van der Waals surface area contributed by atoms with Crippen LogP contribution in [0.5, 0.6) is 0 Å². The molecule has 2 heterocycles. The van der Waals surface area contributed by atoms with Crippen molar-refractivity contribution in [1.29, 1.82) is 0 Å². The Kier molecular flexibility index (Phi) is 5.05. The van der Waals surface area contributed by atoms with Crippen LogP contribution in [0.4, 0.5) is 0 Å². The van der Waals surface area contributed by atoms with E-state index in [1.54, 1.807) is 23.5 Å². The Morgan fingerprint density at radius 1 is 1.22 bits per heavy atom. The Morgan fingerprint density at radius 3 is 2.59 bits per heavy atom. The normalized spacial score (nSPS) is 23.8. The number of methoxy groups -OCH3 is 1. The molecule has 4 rings (SSSR count). The fraction of sp³-hybridized carbons (Fsp3) is 0.579. The first-order valence-electron chi connectivity index (χ1n) is 9.53. The molecule has 2 atom stereocenters. The van der Waals surface area contributed by atoms with Crippen molar-refractivity contribution in [1.82, 2.24) is 19.5 Å². The van der Waals surface area contributed by atoms with Gasteiger partial charge in [-0.2, -0.15) is 9.40 Å². The molecule has 1 aliphatic heterocycles. The van der Waals surface area contributed by atoms with Crippen LogP contribution in [0, 0.1) is 5.92 Å². The number of sulfonamides is 1. The van der Waals surface area contributed by atoms with Gasteiger partial charge in [0, 0.05) is 38.0 Å². The summed E-state index contributed by atoms with van der Waals surface area (Å²) in [5, 5.41) is 7.38.